The third kappa shape index (κ3) is 2.38. The molecule has 0 aromatic carbocycles. The van der Waals surface area contributed by atoms with Crippen LogP contribution in [0, 0.1) is 6.92 Å². The van der Waals surface area contributed by atoms with Crippen molar-refractivity contribution < 1.29 is 0 Å². The molecule has 3 nitrogen and oxygen atoms in total. The number of hydrogen-bond acceptors (Lipinski definition) is 3. The van der Waals surface area contributed by atoms with Gasteiger partial charge in [0.1, 0.15) is 5.82 Å². The number of nitrogens with two attached hydrogens (primary N) is 1. The zero-order valence-electron chi connectivity index (χ0n) is 9.59. The van der Waals surface area contributed by atoms with E-state index in [-0.39, 0.29) is 5.54 Å². The van der Waals surface area contributed by atoms with Gasteiger partial charge in [0.05, 0.1) is 5.54 Å². The molecule has 1 aromatic heterocycles. The third-order valence-corrected chi connectivity index (χ3v) is 3.81. The fourth-order valence-electron chi connectivity index (χ4n) is 2.35. The van der Waals surface area contributed by atoms with E-state index in [1.54, 1.807) is 0 Å². The second kappa shape index (κ2) is 4.72. The fraction of sp³-hybridized carbons (Fsp3) is 0.583. The number of aromatic nitrogens is 1. The molecule has 1 heterocycles. The Morgan fingerprint density at radius 3 is 2.75 bits per heavy atom. The predicted molar refractivity (Wildman–Crippen MR) is 70.6 cm³/mol. The SMILES string of the molecule is Cc1cc(Br)cnc1NC1(CN)CCCC1. The molecule has 1 aliphatic carbocycles. The summed E-state index contributed by atoms with van der Waals surface area (Å²) < 4.78 is 1.02. The van der Waals surface area contributed by atoms with Crippen molar-refractivity contribution in [1.29, 1.82) is 0 Å². The van der Waals surface area contributed by atoms with E-state index in [1.165, 1.54) is 12.8 Å². The molecule has 1 saturated carbocycles. The molecule has 0 saturated heterocycles. The molecule has 0 amide bonds. The minimum atomic E-state index is 0.0750. The molecule has 4 heteroatoms. The number of halogens is 1. The maximum atomic E-state index is 5.90. The van der Waals surface area contributed by atoms with Crippen LogP contribution in [0.4, 0.5) is 5.82 Å². The quantitative estimate of drug-likeness (QED) is 0.897. The first kappa shape index (κ1) is 11.9. The van der Waals surface area contributed by atoms with Gasteiger partial charge in [-0.05, 0) is 47.3 Å². The molecule has 1 fully saturated rings. The van der Waals surface area contributed by atoms with Gasteiger partial charge in [-0.2, -0.15) is 0 Å². The van der Waals surface area contributed by atoms with Crippen LogP contribution in [0.25, 0.3) is 0 Å². The summed E-state index contributed by atoms with van der Waals surface area (Å²) in [5.41, 5.74) is 7.13. The molecule has 2 rings (SSSR count). The molecule has 1 aromatic rings. The molecule has 88 valence electrons. The lowest BCUT2D eigenvalue weighted by Crippen LogP contribution is -2.43. The van der Waals surface area contributed by atoms with Crippen LogP contribution < -0.4 is 11.1 Å². The van der Waals surface area contributed by atoms with Crippen LogP contribution in [0.15, 0.2) is 16.7 Å². The van der Waals surface area contributed by atoms with Crippen LogP contribution in [0.5, 0.6) is 0 Å². The Hall–Kier alpha value is -0.610. The molecule has 0 atom stereocenters. The summed E-state index contributed by atoms with van der Waals surface area (Å²) in [7, 11) is 0. The summed E-state index contributed by atoms with van der Waals surface area (Å²) in [4.78, 5) is 4.42. The zero-order valence-corrected chi connectivity index (χ0v) is 11.2. The number of rotatable bonds is 3. The molecule has 1 aliphatic rings. The van der Waals surface area contributed by atoms with E-state index in [0.717, 1.165) is 28.7 Å². The van der Waals surface area contributed by atoms with Gasteiger partial charge in [0.25, 0.3) is 0 Å². The third-order valence-electron chi connectivity index (χ3n) is 3.38. The van der Waals surface area contributed by atoms with Crippen LogP contribution in [0.3, 0.4) is 0 Å². The lowest BCUT2D eigenvalue weighted by molar-refractivity contribution is 0.491. The predicted octanol–water partition coefficient (Wildman–Crippen LogP) is 2.84. The van der Waals surface area contributed by atoms with Gasteiger partial charge < -0.3 is 11.1 Å². The van der Waals surface area contributed by atoms with Crippen molar-refractivity contribution in [3.63, 3.8) is 0 Å². The number of hydrogen-bond donors (Lipinski definition) is 2. The van der Waals surface area contributed by atoms with Gasteiger partial charge in [-0.1, -0.05) is 12.8 Å². The highest BCUT2D eigenvalue weighted by atomic mass is 79.9. The van der Waals surface area contributed by atoms with Gasteiger partial charge in [-0.25, -0.2) is 4.98 Å². The van der Waals surface area contributed by atoms with Crippen LogP contribution in [-0.4, -0.2) is 17.1 Å². The first-order valence-electron chi connectivity index (χ1n) is 5.76. The van der Waals surface area contributed by atoms with Crippen molar-refractivity contribution in [3.8, 4) is 0 Å². The molecular weight excluding hydrogens is 266 g/mol. The van der Waals surface area contributed by atoms with Crippen molar-refractivity contribution in [3.05, 3.63) is 22.3 Å². The number of pyridine rings is 1. The van der Waals surface area contributed by atoms with Gasteiger partial charge in [-0.15, -0.1) is 0 Å². The lowest BCUT2D eigenvalue weighted by Gasteiger charge is -2.30. The highest BCUT2D eigenvalue weighted by Gasteiger charge is 2.32. The summed E-state index contributed by atoms with van der Waals surface area (Å²) in [5.74, 6) is 0.968. The molecule has 3 N–H and O–H groups in total. The van der Waals surface area contributed by atoms with E-state index >= 15 is 0 Å². The van der Waals surface area contributed by atoms with E-state index in [9.17, 15) is 0 Å². The molecule has 0 unspecified atom stereocenters. The van der Waals surface area contributed by atoms with E-state index in [4.69, 9.17) is 5.73 Å². The topological polar surface area (TPSA) is 50.9 Å². The largest absolute Gasteiger partial charge is 0.363 e. The molecule has 0 radical (unpaired) electrons. The Morgan fingerprint density at radius 2 is 2.19 bits per heavy atom. The monoisotopic (exact) mass is 283 g/mol. The second-order valence-corrected chi connectivity index (χ2v) is 5.55. The number of aryl methyl sites for hydroxylation is 1. The summed E-state index contributed by atoms with van der Waals surface area (Å²) in [6.07, 6.45) is 6.66. The van der Waals surface area contributed by atoms with Crippen LogP contribution in [-0.2, 0) is 0 Å². The minimum Gasteiger partial charge on any atom is -0.363 e. The van der Waals surface area contributed by atoms with Crippen LogP contribution in [0.2, 0.25) is 0 Å². The molecule has 16 heavy (non-hydrogen) atoms. The number of anilines is 1. The van der Waals surface area contributed by atoms with Crippen molar-refractivity contribution in [1.82, 2.24) is 4.98 Å². The normalized spacial score (nSPS) is 18.7. The Kier molecular flexibility index (Phi) is 3.50. The minimum absolute atomic E-state index is 0.0750. The number of nitrogens with one attached hydrogen (secondary N) is 1. The van der Waals surface area contributed by atoms with E-state index in [0.29, 0.717) is 6.54 Å². The Labute approximate surface area is 105 Å². The summed E-state index contributed by atoms with van der Waals surface area (Å²) in [6, 6.07) is 2.08. The van der Waals surface area contributed by atoms with Gasteiger partial charge in [0.15, 0.2) is 0 Å². The van der Waals surface area contributed by atoms with Gasteiger partial charge in [0.2, 0.25) is 0 Å². The first-order chi connectivity index (χ1) is 7.65. The van der Waals surface area contributed by atoms with E-state index < -0.39 is 0 Å². The van der Waals surface area contributed by atoms with Gasteiger partial charge in [-0.3, -0.25) is 0 Å². The van der Waals surface area contributed by atoms with E-state index in [2.05, 4.69) is 39.2 Å². The van der Waals surface area contributed by atoms with Gasteiger partial charge in [0, 0.05) is 17.2 Å². The maximum absolute atomic E-state index is 5.90. The Balaban J connectivity index is 2.19. The summed E-state index contributed by atoms with van der Waals surface area (Å²) >= 11 is 3.42. The van der Waals surface area contributed by atoms with Crippen LogP contribution >= 0.6 is 15.9 Å². The van der Waals surface area contributed by atoms with Gasteiger partial charge >= 0.3 is 0 Å². The lowest BCUT2D eigenvalue weighted by atomic mass is 9.97. The second-order valence-electron chi connectivity index (χ2n) is 4.64. The molecule has 0 spiro atoms. The fourth-order valence-corrected chi connectivity index (χ4v) is 2.80. The maximum Gasteiger partial charge on any atom is 0.129 e. The molecule has 0 bridgehead atoms. The Morgan fingerprint density at radius 1 is 1.50 bits per heavy atom. The zero-order chi connectivity index (χ0) is 11.6. The molecular formula is C12H18BrN3. The average Bonchev–Trinajstić information content (AvgIpc) is 2.72. The van der Waals surface area contributed by atoms with Crippen molar-refractivity contribution >= 4 is 21.7 Å². The summed E-state index contributed by atoms with van der Waals surface area (Å²) in [5, 5.41) is 3.54. The Bertz CT molecular complexity index is 373. The van der Waals surface area contributed by atoms with Crippen molar-refractivity contribution in [2.75, 3.05) is 11.9 Å². The average molecular weight is 284 g/mol. The standard InChI is InChI=1S/C12H18BrN3/c1-9-6-10(13)7-15-11(9)16-12(8-14)4-2-3-5-12/h6-7H,2-5,8,14H2,1H3,(H,15,16). The highest BCUT2D eigenvalue weighted by Crippen LogP contribution is 2.32. The summed E-state index contributed by atoms with van der Waals surface area (Å²) in [6.45, 7) is 2.75. The van der Waals surface area contributed by atoms with Crippen molar-refractivity contribution in [2.24, 2.45) is 5.73 Å². The first-order valence-corrected chi connectivity index (χ1v) is 6.55. The molecule has 0 aliphatic heterocycles. The van der Waals surface area contributed by atoms with Crippen molar-refractivity contribution in [2.45, 2.75) is 38.1 Å². The van der Waals surface area contributed by atoms with E-state index in [1.807, 2.05) is 6.20 Å². The number of nitrogens with zero attached hydrogens (tertiary/aromatic N) is 1. The highest BCUT2D eigenvalue weighted by molar-refractivity contribution is 9.10. The van der Waals surface area contributed by atoms with Crippen LogP contribution in [0.1, 0.15) is 31.2 Å². The smallest absolute Gasteiger partial charge is 0.129 e.